The molecule has 0 radical (unpaired) electrons. The fourth-order valence-electron chi connectivity index (χ4n) is 2.77. The van der Waals surface area contributed by atoms with Gasteiger partial charge in [-0.3, -0.25) is 4.68 Å². The molecule has 2 heterocycles. The van der Waals surface area contributed by atoms with Gasteiger partial charge < -0.3 is 10.5 Å². The Morgan fingerprint density at radius 3 is 2.75 bits per heavy atom. The van der Waals surface area contributed by atoms with Crippen molar-refractivity contribution in [3.8, 4) is 5.75 Å². The van der Waals surface area contributed by atoms with Crippen molar-refractivity contribution in [2.45, 2.75) is 36.8 Å². The van der Waals surface area contributed by atoms with Crippen molar-refractivity contribution in [1.29, 1.82) is 0 Å². The SMILES string of the molecule is Cl.Cn1cc(S(=O)(=O)NC2CC(C)(C)Oc3ccc(N)cc32)cn1. The topological polar surface area (TPSA) is 99.2 Å². The number of benzene rings is 1. The Kier molecular flexibility index (Phi) is 4.85. The van der Waals surface area contributed by atoms with Crippen LogP contribution in [0.15, 0.2) is 35.5 Å². The molecule has 24 heavy (non-hydrogen) atoms. The number of nitrogens with two attached hydrogens (primary N) is 1. The first-order valence-corrected chi connectivity index (χ1v) is 8.74. The molecule has 7 nitrogen and oxygen atoms in total. The van der Waals surface area contributed by atoms with Crippen molar-refractivity contribution in [3.05, 3.63) is 36.2 Å². The lowest BCUT2D eigenvalue weighted by Gasteiger charge is -2.37. The van der Waals surface area contributed by atoms with Crippen molar-refractivity contribution in [2.75, 3.05) is 5.73 Å². The lowest BCUT2D eigenvalue weighted by atomic mass is 9.90. The number of fused-ring (bicyclic) bond motifs is 1. The quantitative estimate of drug-likeness (QED) is 0.803. The number of sulfonamides is 1. The smallest absolute Gasteiger partial charge is 0.244 e. The number of nitrogens with one attached hydrogen (secondary N) is 1. The first kappa shape index (κ1) is 18.6. The maximum absolute atomic E-state index is 12.6. The van der Waals surface area contributed by atoms with Crippen LogP contribution in [0, 0.1) is 0 Å². The number of ether oxygens (including phenoxy) is 1. The van der Waals surface area contributed by atoms with E-state index in [1.165, 1.54) is 17.1 Å². The standard InChI is InChI=1S/C15H20N4O3S.ClH/c1-15(2)7-13(12-6-10(16)4-5-14(12)22-15)18-23(20,21)11-8-17-19(3)9-11;/h4-6,8-9,13,18H,7,16H2,1-3H3;1H. The summed E-state index contributed by atoms with van der Waals surface area (Å²) in [5.74, 6) is 0.648. The van der Waals surface area contributed by atoms with Gasteiger partial charge in [0.25, 0.3) is 0 Å². The number of rotatable bonds is 3. The van der Waals surface area contributed by atoms with Crippen LogP contribution in [0.4, 0.5) is 5.69 Å². The molecule has 1 unspecified atom stereocenters. The van der Waals surface area contributed by atoms with Crippen LogP contribution in [0.1, 0.15) is 31.9 Å². The zero-order valence-electron chi connectivity index (χ0n) is 13.7. The lowest BCUT2D eigenvalue weighted by Crippen LogP contribution is -2.41. The summed E-state index contributed by atoms with van der Waals surface area (Å²) in [5.41, 5.74) is 6.68. The lowest BCUT2D eigenvalue weighted by molar-refractivity contribution is 0.0702. The molecule has 0 aliphatic carbocycles. The van der Waals surface area contributed by atoms with E-state index < -0.39 is 21.7 Å². The van der Waals surface area contributed by atoms with E-state index in [4.69, 9.17) is 10.5 Å². The molecule has 0 spiro atoms. The van der Waals surface area contributed by atoms with Gasteiger partial charge >= 0.3 is 0 Å². The van der Waals surface area contributed by atoms with E-state index >= 15 is 0 Å². The van der Waals surface area contributed by atoms with E-state index in [1.807, 2.05) is 13.8 Å². The molecule has 0 fully saturated rings. The molecule has 132 valence electrons. The third-order valence-electron chi connectivity index (χ3n) is 3.78. The second kappa shape index (κ2) is 6.27. The van der Waals surface area contributed by atoms with Gasteiger partial charge in [-0.05, 0) is 32.0 Å². The van der Waals surface area contributed by atoms with E-state index in [2.05, 4.69) is 9.82 Å². The molecule has 1 aliphatic rings. The summed E-state index contributed by atoms with van der Waals surface area (Å²) in [6, 6.07) is 4.85. The van der Waals surface area contributed by atoms with Crippen LogP contribution in [0.25, 0.3) is 0 Å². The minimum absolute atomic E-state index is 0. The zero-order valence-corrected chi connectivity index (χ0v) is 15.3. The number of aromatic nitrogens is 2. The van der Waals surface area contributed by atoms with Gasteiger partial charge in [0.1, 0.15) is 16.2 Å². The van der Waals surface area contributed by atoms with Crippen molar-refractivity contribution >= 4 is 28.1 Å². The highest BCUT2D eigenvalue weighted by Gasteiger charge is 2.36. The Labute approximate surface area is 147 Å². The van der Waals surface area contributed by atoms with E-state index in [-0.39, 0.29) is 17.3 Å². The fourth-order valence-corrected chi connectivity index (χ4v) is 3.97. The average molecular weight is 373 g/mol. The number of anilines is 1. The summed E-state index contributed by atoms with van der Waals surface area (Å²) in [4.78, 5) is 0.134. The molecular formula is C15H21ClN4O3S. The largest absolute Gasteiger partial charge is 0.487 e. The molecule has 2 aromatic rings. The van der Waals surface area contributed by atoms with Crippen LogP contribution >= 0.6 is 12.4 Å². The Balaban J connectivity index is 0.00000208. The summed E-state index contributed by atoms with van der Waals surface area (Å²) in [5, 5.41) is 3.92. The first-order valence-electron chi connectivity index (χ1n) is 7.26. The Bertz CT molecular complexity index is 848. The maximum atomic E-state index is 12.6. The second-order valence-corrected chi connectivity index (χ2v) is 8.10. The maximum Gasteiger partial charge on any atom is 0.244 e. The van der Waals surface area contributed by atoms with Gasteiger partial charge in [0.05, 0.1) is 12.2 Å². The van der Waals surface area contributed by atoms with Gasteiger partial charge in [-0.1, -0.05) is 0 Å². The fraction of sp³-hybridized carbons (Fsp3) is 0.400. The minimum atomic E-state index is -3.67. The summed E-state index contributed by atoms with van der Waals surface area (Å²) in [6.45, 7) is 3.86. The molecule has 0 saturated heterocycles. The molecule has 1 aromatic heterocycles. The predicted octanol–water partition coefficient (Wildman–Crippen LogP) is 2.00. The third kappa shape index (κ3) is 3.66. The molecule has 0 bridgehead atoms. The number of aryl methyl sites for hydroxylation is 1. The molecule has 1 atom stereocenters. The molecule has 1 aromatic carbocycles. The summed E-state index contributed by atoms with van der Waals surface area (Å²) in [7, 11) is -2.00. The molecule has 0 saturated carbocycles. The molecule has 1 aliphatic heterocycles. The molecule has 3 rings (SSSR count). The molecular weight excluding hydrogens is 352 g/mol. The summed E-state index contributed by atoms with van der Waals surface area (Å²) in [6.07, 6.45) is 3.29. The highest BCUT2D eigenvalue weighted by atomic mass is 35.5. The summed E-state index contributed by atoms with van der Waals surface area (Å²) >= 11 is 0. The highest BCUT2D eigenvalue weighted by Crippen LogP contribution is 2.40. The van der Waals surface area contributed by atoms with Crippen LogP contribution in [0.2, 0.25) is 0 Å². The minimum Gasteiger partial charge on any atom is -0.487 e. The monoisotopic (exact) mass is 372 g/mol. The van der Waals surface area contributed by atoms with Gasteiger partial charge in [0.2, 0.25) is 10.0 Å². The van der Waals surface area contributed by atoms with Crippen LogP contribution in [0.5, 0.6) is 5.75 Å². The number of hydrogen-bond donors (Lipinski definition) is 2. The van der Waals surface area contributed by atoms with Crippen LogP contribution < -0.4 is 15.2 Å². The van der Waals surface area contributed by atoms with Gasteiger partial charge in [-0.15, -0.1) is 12.4 Å². The zero-order chi connectivity index (χ0) is 16.8. The van der Waals surface area contributed by atoms with Gasteiger partial charge in [0.15, 0.2) is 0 Å². The van der Waals surface area contributed by atoms with Crippen LogP contribution in [0.3, 0.4) is 0 Å². The van der Waals surface area contributed by atoms with Crippen molar-refractivity contribution in [2.24, 2.45) is 7.05 Å². The van der Waals surface area contributed by atoms with E-state index in [0.717, 1.165) is 5.56 Å². The number of nitrogen functional groups attached to an aromatic ring is 1. The van der Waals surface area contributed by atoms with Crippen molar-refractivity contribution in [3.63, 3.8) is 0 Å². The third-order valence-corrected chi connectivity index (χ3v) is 5.21. The van der Waals surface area contributed by atoms with Gasteiger partial charge in [0, 0.05) is 30.9 Å². The van der Waals surface area contributed by atoms with Crippen LogP contribution in [-0.4, -0.2) is 23.8 Å². The van der Waals surface area contributed by atoms with E-state index in [9.17, 15) is 8.42 Å². The predicted molar refractivity (Wildman–Crippen MR) is 93.7 cm³/mol. The Morgan fingerprint density at radius 2 is 2.12 bits per heavy atom. The van der Waals surface area contributed by atoms with E-state index in [0.29, 0.717) is 17.9 Å². The number of hydrogen-bond acceptors (Lipinski definition) is 5. The van der Waals surface area contributed by atoms with Gasteiger partial charge in [-0.25, -0.2) is 13.1 Å². The first-order chi connectivity index (χ1) is 10.7. The summed E-state index contributed by atoms with van der Waals surface area (Å²) < 4.78 is 35.3. The Hall–Kier alpha value is -1.77. The second-order valence-electron chi connectivity index (χ2n) is 6.39. The van der Waals surface area contributed by atoms with E-state index in [1.54, 1.807) is 25.2 Å². The van der Waals surface area contributed by atoms with Crippen molar-refractivity contribution < 1.29 is 13.2 Å². The van der Waals surface area contributed by atoms with Crippen molar-refractivity contribution in [1.82, 2.24) is 14.5 Å². The highest BCUT2D eigenvalue weighted by molar-refractivity contribution is 7.89. The molecule has 9 heteroatoms. The Morgan fingerprint density at radius 1 is 1.42 bits per heavy atom. The number of halogens is 1. The number of nitrogens with zero attached hydrogens (tertiary/aromatic N) is 2. The van der Waals surface area contributed by atoms with Gasteiger partial charge in [-0.2, -0.15) is 5.10 Å². The van der Waals surface area contributed by atoms with Crippen LogP contribution in [-0.2, 0) is 17.1 Å². The normalized spacial score (nSPS) is 19.0. The molecule has 0 amide bonds. The average Bonchev–Trinajstić information content (AvgIpc) is 2.86. The molecule has 3 N–H and O–H groups in total.